The van der Waals surface area contributed by atoms with Crippen molar-refractivity contribution in [1.29, 1.82) is 0 Å². The van der Waals surface area contributed by atoms with Crippen LogP contribution in [0.5, 0.6) is 5.75 Å². The Bertz CT molecular complexity index is 1980. The Labute approximate surface area is 264 Å². The summed E-state index contributed by atoms with van der Waals surface area (Å²) < 4.78 is 0. The van der Waals surface area contributed by atoms with Gasteiger partial charge in [0, 0.05) is 16.3 Å². The molecule has 5 aromatic carbocycles. The maximum atomic E-state index is 14.2. The molecule has 5 amide bonds. The lowest BCUT2D eigenvalue weighted by Crippen LogP contribution is -2.58. The summed E-state index contributed by atoms with van der Waals surface area (Å²) in [4.78, 5) is 43.7. The number of carbonyl (C=O) groups is 3. The molecule has 11 nitrogen and oxygen atoms in total. The molecule has 1 unspecified atom stereocenters. The van der Waals surface area contributed by atoms with Crippen LogP contribution < -0.4 is 15.6 Å². The number of amides is 5. The summed E-state index contributed by atoms with van der Waals surface area (Å²) in [5.74, 6) is -0.619. The van der Waals surface area contributed by atoms with Gasteiger partial charge in [0.1, 0.15) is 12.3 Å². The maximum Gasteiger partial charge on any atom is 0.347 e. The minimum Gasteiger partial charge on any atom is -0.507 e. The van der Waals surface area contributed by atoms with E-state index < -0.39 is 36.2 Å². The van der Waals surface area contributed by atoms with Crippen LogP contribution in [0.4, 0.5) is 21.0 Å². The summed E-state index contributed by atoms with van der Waals surface area (Å²) in [6.45, 7) is 2.92. The zero-order valence-electron chi connectivity index (χ0n) is 25.2. The largest absolute Gasteiger partial charge is 0.507 e. The van der Waals surface area contributed by atoms with E-state index in [0.29, 0.717) is 22.0 Å². The number of phenolic OH excluding ortho intramolecular Hbond substituents is 1. The third-order valence-electron chi connectivity index (χ3n) is 8.14. The highest BCUT2D eigenvalue weighted by Gasteiger charge is 2.56. The van der Waals surface area contributed by atoms with E-state index >= 15 is 0 Å². The van der Waals surface area contributed by atoms with Crippen LogP contribution >= 0.6 is 0 Å². The van der Waals surface area contributed by atoms with Gasteiger partial charge in [-0.3, -0.25) is 14.9 Å². The Kier molecular flexibility index (Phi) is 7.99. The summed E-state index contributed by atoms with van der Waals surface area (Å²) in [6.07, 6.45) is 0.0426. The molecule has 0 aliphatic carbocycles. The summed E-state index contributed by atoms with van der Waals surface area (Å²) >= 11 is 0. The van der Waals surface area contributed by atoms with E-state index in [1.807, 2.05) is 60.7 Å². The Morgan fingerprint density at radius 2 is 1.48 bits per heavy atom. The van der Waals surface area contributed by atoms with Crippen molar-refractivity contribution in [2.24, 2.45) is 5.10 Å². The minimum absolute atomic E-state index is 0.00487. The van der Waals surface area contributed by atoms with Gasteiger partial charge in [-0.1, -0.05) is 84.9 Å². The number of hydrazone groups is 1. The zero-order chi connectivity index (χ0) is 32.4. The van der Waals surface area contributed by atoms with Crippen molar-refractivity contribution in [2.45, 2.75) is 25.6 Å². The second-order valence-electron chi connectivity index (χ2n) is 11.4. The number of hydrogen-bond donors (Lipinski definition) is 4. The Morgan fingerprint density at radius 3 is 2.22 bits per heavy atom. The number of anilines is 2. The fourth-order valence-electron chi connectivity index (χ4n) is 5.84. The van der Waals surface area contributed by atoms with Crippen LogP contribution in [-0.4, -0.2) is 62.7 Å². The second kappa shape index (κ2) is 12.2. The highest BCUT2D eigenvalue weighted by molar-refractivity contribution is 6.07. The molecule has 0 spiro atoms. The van der Waals surface area contributed by atoms with Gasteiger partial charge in [-0.05, 0) is 48.9 Å². The number of benzene rings is 5. The molecule has 6 rings (SSSR count). The number of phenols is 1. The van der Waals surface area contributed by atoms with Crippen LogP contribution in [-0.2, 0) is 4.79 Å². The van der Waals surface area contributed by atoms with Gasteiger partial charge < -0.3 is 15.3 Å². The van der Waals surface area contributed by atoms with Crippen molar-refractivity contribution >= 4 is 57.1 Å². The molecular formula is C35H32N6O5. The molecule has 4 N–H and O–H groups in total. The number of para-hydroxylation sites is 1. The van der Waals surface area contributed by atoms with E-state index in [0.717, 1.165) is 21.5 Å². The van der Waals surface area contributed by atoms with Gasteiger partial charge in [-0.15, -0.1) is 0 Å². The van der Waals surface area contributed by atoms with Gasteiger partial charge in [0.05, 0.1) is 23.1 Å². The van der Waals surface area contributed by atoms with E-state index in [9.17, 15) is 24.7 Å². The fraction of sp³-hybridized carbons (Fsp3) is 0.143. The minimum atomic E-state index is -1.28. The molecule has 0 radical (unpaired) electrons. The fourth-order valence-corrected chi connectivity index (χ4v) is 5.84. The standard InChI is InChI=1S/C35H32N6O5/c1-35(2)32(41(46)33(44)37-28-18-9-14-23-11-3-6-16-26(23)28)40(29-19-10-15-24-12-4-7-17-27(24)29)34(45)39(35)22-31(43)38-36-21-25-13-5-8-20-30(25)42/h3-21,32,42,46H,22H2,1-2H3,(H,37,44)(H,38,43). The van der Waals surface area contributed by atoms with Gasteiger partial charge in [0.2, 0.25) is 0 Å². The maximum absolute atomic E-state index is 14.2. The van der Waals surface area contributed by atoms with Crippen LogP contribution in [0, 0.1) is 0 Å². The van der Waals surface area contributed by atoms with Crippen LogP contribution in [0.25, 0.3) is 21.5 Å². The molecular weight excluding hydrogens is 584 g/mol. The first-order valence-corrected chi connectivity index (χ1v) is 14.6. The first kappa shape index (κ1) is 30.1. The van der Waals surface area contributed by atoms with Crippen molar-refractivity contribution in [1.82, 2.24) is 15.4 Å². The number of aromatic hydroxyl groups is 1. The average molecular weight is 617 g/mol. The molecule has 0 bridgehead atoms. The average Bonchev–Trinajstić information content (AvgIpc) is 3.25. The lowest BCUT2D eigenvalue weighted by molar-refractivity contribution is -0.124. The lowest BCUT2D eigenvalue weighted by Gasteiger charge is -2.38. The Hall–Kier alpha value is -5.94. The molecule has 46 heavy (non-hydrogen) atoms. The van der Waals surface area contributed by atoms with Gasteiger partial charge in [-0.2, -0.15) is 10.2 Å². The molecule has 0 aromatic heterocycles. The summed E-state index contributed by atoms with van der Waals surface area (Å²) in [6, 6.07) is 30.9. The number of fused-ring (bicyclic) bond motifs is 2. The monoisotopic (exact) mass is 616 g/mol. The molecule has 11 heteroatoms. The van der Waals surface area contributed by atoms with Crippen molar-refractivity contribution in [3.8, 4) is 5.75 Å². The second-order valence-corrected chi connectivity index (χ2v) is 11.4. The van der Waals surface area contributed by atoms with E-state index in [1.54, 1.807) is 56.3 Å². The highest BCUT2D eigenvalue weighted by atomic mass is 16.5. The highest BCUT2D eigenvalue weighted by Crippen LogP contribution is 2.40. The molecule has 232 valence electrons. The summed E-state index contributed by atoms with van der Waals surface area (Å²) in [5.41, 5.74) is 2.46. The van der Waals surface area contributed by atoms with E-state index in [1.165, 1.54) is 22.1 Å². The van der Waals surface area contributed by atoms with Crippen LogP contribution in [0.2, 0.25) is 0 Å². The zero-order valence-corrected chi connectivity index (χ0v) is 25.2. The van der Waals surface area contributed by atoms with Gasteiger partial charge in [0.25, 0.3) is 5.91 Å². The molecule has 1 heterocycles. The predicted octanol–water partition coefficient (Wildman–Crippen LogP) is 6.12. The molecule has 5 aromatic rings. The number of nitrogens with one attached hydrogen (secondary N) is 2. The van der Waals surface area contributed by atoms with Crippen LogP contribution in [0.15, 0.2) is 114 Å². The molecule has 1 fully saturated rings. The topological polar surface area (TPSA) is 138 Å². The molecule has 0 saturated carbocycles. The Balaban J connectivity index is 1.33. The number of hydrogen-bond acceptors (Lipinski definition) is 6. The smallest absolute Gasteiger partial charge is 0.347 e. The number of rotatable bonds is 7. The molecule has 1 atom stereocenters. The van der Waals surface area contributed by atoms with Gasteiger partial charge in [0.15, 0.2) is 6.17 Å². The van der Waals surface area contributed by atoms with E-state index in [2.05, 4.69) is 15.8 Å². The van der Waals surface area contributed by atoms with E-state index in [-0.39, 0.29) is 5.75 Å². The van der Waals surface area contributed by atoms with Crippen LogP contribution in [0.3, 0.4) is 0 Å². The van der Waals surface area contributed by atoms with Crippen molar-refractivity contribution in [2.75, 3.05) is 16.8 Å². The summed E-state index contributed by atoms with van der Waals surface area (Å²) in [5, 5.41) is 32.1. The van der Waals surface area contributed by atoms with E-state index in [4.69, 9.17) is 0 Å². The molecule has 1 aliphatic heterocycles. The Morgan fingerprint density at radius 1 is 0.870 bits per heavy atom. The molecule has 1 saturated heterocycles. The predicted molar refractivity (Wildman–Crippen MR) is 177 cm³/mol. The molecule has 1 aliphatic rings. The quantitative estimate of drug-likeness (QED) is 0.0992. The number of carbonyl (C=O) groups excluding carboxylic acids is 3. The SMILES string of the molecule is CC1(C)C(N(O)C(=O)Nc2cccc3ccccc23)N(c2cccc3ccccc23)C(=O)N1CC(=O)NN=Cc1ccccc1O. The third kappa shape index (κ3) is 5.55. The van der Waals surface area contributed by atoms with Crippen molar-refractivity contribution in [3.05, 3.63) is 115 Å². The van der Waals surface area contributed by atoms with Crippen molar-refractivity contribution in [3.63, 3.8) is 0 Å². The number of urea groups is 2. The van der Waals surface area contributed by atoms with Crippen molar-refractivity contribution < 1.29 is 24.7 Å². The van der Waals surface area contributed by atoms with Crippen LogP contribution in [0.1, 0.15) is 19.4 Å². The van der Waals surface area contributed by atoms with Gasteiger partial charge in [-0.25, -0.2) is 15.0 Å². The lowest BCUT2D eigenvalue weighted by atomic mass is 9.99. The normalized spacial score (nSPS) is 15.9. The number of hydroxylamine groups is 2. The first-order chi connectivity index (χ1) is 22.2. The first-order valence-electron chi connectivity index (χ1n) is 14.6. The number of nitrogens with zero attached hydrogens (tertiary/aromatic N) is 4. The van der Waals surface area contributed by atoms with Gasteiger partial charge >= 0.3 is 12.1 Å². The third-order valence-corrected chi connectivity index (χ3v) is 8.14. The summed E-state index contributed by atoms with van der Waals surface area (Å²) in [7, 11) is 0.